The summed E-state index contributed by atoms with van der Waals surface area (Å²) in [5.74, 6) is 0.209. The Morgan fingerprint density at radius 2 is 1.90 bits per heavy atom. The van der Waals surface area contributed by atoms with Gasteiger partial charge in [0.25, 0.3) is 0 Å². The van der Waals surface area contributed by atoms with Crippen molar-refractivity contribution in [1.82, 2.24) is 4.90 Å². The summed E-state index contributed by atoms with van der Waals surface area (Å²) in [6.07, 6.45) is 4.92. The second-order valence-electron chi connectivity index (χ2n) is 5.88. The zero-order chi connectivity index (χ0) is 14.8. The molecule has 0 spiro atoms. The van der Waals surface area contributed by atoms with Crippen LogP contribution in [-0.4, -0.2) is 23.1 Å². The topological polar surface area (TPSA) is 53.7 Å². The Labute approximate surface area is 124 Å². The van der Waals surface area contributed by atoms with Gasteiger partial charge in [-0.2, -0.15) is 0 Å². The van der Waals surface area contributed by atoms with Gasteiger partial charge in [0.1, 0.15) is 11.3 Å². The predicted octanol–water partition coefficient (Wildman–Crippen LogP) is 3.18. The van der Waals surface area contributed by atoms with Crippen LogP contribution in [0.4, 0.5) is 0 Å². The molecule has 4 nitrogen and oxygen atoms in total. The quantitative estimate of drug-likeness (QED) is 0.862. The molecule has 1 aliphatic heterocycles. The number of fused-ring (bicyclic) bond motifs is 1. The number of phenolic OH excluding ortho intramolecular Hbond substituents is 1. The first-order valence-corrected chi connectivity index (χ1v) is 7.63. The lowest BCUT2D eigenvalue weighted by atomic mass is 10.1. The Morgan fingerprint density at radius 3 is 2.62 bits per heavy atom. The third kappa shape index (κ3) is 2.95. The molecule has 3 rings (SSSR count). The highest BCUT2D eigenvalue weighted by Gasteiger charge is 2.16. The van der Waals surface area contributed by atoms with Gasteiger partial charge in [-0.15, -0.1) is 0 Å². The average molecular weight is 287 g/mol. The van der Waals surface area contributed by atoms with Crippen LogP contribution in [0, 0.1) is 6.92 Å². The molecule has 1 N–H and O–H groups in total. The van der Waals surface area contributed by atoms with Crippen LogP contribution in [0.15, 0.2) is 27.4 Å². The van der Waals surface area contributed by atoms with Gasteiger partial charge < -0.3 is 9.52 Å². The molecule has 0 radical (unpaired) electrons. The summed E-state index contributed by atoms with van der Waals surface area (Å²) in [6.45, 7) is 4.60. The van der Waals surface area contributed by atoms with Gasteiger partial charge in [0.15, 0.2) is 0 Å². The number of hydrogen-bond acceptors (Lipinski definition) is 4. The van der Waals surface area contributed by atoms with Gasteiger partial charge >= 0.3 is 5.63 Å². The number of hydrogen-bond donors (Lipinski definition) is 1. The molecule has 0 atom stereocenters. The van der Waals surface area contributed by atoms with Crippen molar-refractivity contribution < 1.29 is 9.52 Å². The van der Waals surface area contributed by atoms with Crippen LogP contribution in [-0.2, 0) is 6.54 Å². The van der Waals surface area contributed by atoms with E-state index in [-0.39, 0.29) is 11.4 Å². The van der Waals surface area contributed by atoms with E-state index >= 15 is 0 Å². The molecule has 0 unspecified atom stereocenters. The van der Waals surface area contributed by atoms with Crippen molar-refractivity contribution in [2.45, 2.75) is 39.2 Å². The minimum atomic E-state index is -0.359. The summed E-state index contributed by atoms with van der Waals surface area (Å²) in [7, 11) is 0. The van der Waals surface area contributed by atoms with E-state index in [0.29, 0.717) is 12.1 Å². The largest absolute Gasteiger partial charge is 0.507 e. The van der Waals surface area contributed by atoms with Gasteiger partial charge in [-0.25, -0.2) is 4.79 Å². The molecule has 1 saturated heterocycles. The smallest absolute Gasteiger partial charge is 0.336 e. The first kappa shape index (κ1) is 14.1. The molecule has 0 saturated carbocycles. The van der Waals surface area contributed by atoms with Gasteiger partial charge in [-0.3, -0.25) is 4.90 Å². The van der Waals surface area contributed by atoms with Crippen LogP contribution in [0.2, 0.25) is 0 Å². The van der Waals surface area contributed by atoms with Crippen molar-refractivity contribution in [3.8, 4) is 5.75 Å². The Bertz CT molecular complexity index is 697. The number of aromatic hydroxyl groups is 1. The Kier molecular flexibility index (Phi) is 3.97. The standard InChI is InChI=1S/C17H21NO3/c1-12-10-16(20)21-17-13(12)6-7-15(19)14(17)11-18-8-4-2-3-5-9-18/h6-7,10,19H,2-5,8-9,11H2,1H3. The van der Waals surface area contributed by atoms with Gasteiger partial charge in [-0.05, 0) is 50.6 Å². The molecule has 0 aliphatic carbocycles. The average Bonchev–Trinajstić information content (AvgIpc) is 2.70. The molecule has 21 heavy (non-hydrogen) atoms. The second-order valence-corrected chi connectivity index (χ2v) is 5.88. The van der Waals surface area contributed by atoms with E-state index in [9.17, 15) is 9.90 Å². The third-order valence-corrected chi connectivity index (χ3v) is 4.28. The predicted molar refractivity (Wildman–Crippen MR) is 82.6 cm³/mol. The summed E-state index contributed by atoms with van der Waals surface area (Å²) in [5, 5.41) is 11.1. The summed E-state index contributed by atoms with van der Waals surface area (Å²) in [6, 6.07) is 5.01. The van der Waals surface area contributed by atoms with Crippen LogP contribution >= 0.6 is 0 Å². The highest BCUT2D eigenvalue weighted by molar-refractivity contribution is 5.84. The lowest BCUT2D eigenvalue weighted by Crippen LogP contribution is -2.24. The second kappa shape index (κ2) is 5.90. The molecular formula is C17H21NO3. The van der Waals surface area contributed by atoms with Crippen molar-refractivity contribution in [1.29, 1.82) is 0 Å². The van der Waals surface area contributed by atoms with Gasteiger partial charge in [0.2, 0.25) is 0 Å². The lowest BCUT2D eigenvalue weighted by Gasteiger charge is -2.21. The Morgan fingerprint density at radius 1 is 1.19 bits per heavy atom. The van der Waals surface area contributed by atoms with E-state index in [1.165, 1.54) is 31.7 Å². The Balaban J connectivity index is 2.03. The van der Waals surface area contributed by atoms with Crippen LogP contribution in [0.25, 0.3) is 11.0 Å². The fourth-order valence-electron chi connectivity index (χ4n) is 3.10. The summed E-state index contributed by atoms with van der Waals surface area (Å²) in [4.78, 5) is 14.0. The highest BCUT2D eigenvalue weighted by Crippen LogP contribution is 2.29. The van der Waals surface area contributed by atoms with Crippen molar-refractivity contribution in [2.75, 3.05) is 13.1 Å². The van der Waals surface area contributed by atoms with E-state index in [1.54, 1.807) is 6.07 Å². The number of likely N-dealkylation sites (tertiary alicyclic amines) is 1. The van der Waals surface area contributed by atoms with E-state index in [0.717, 1.165) is 29.6 Å². The molecule has 112 valence electrons. The number of phenols is 1. The zero-order valence-electron chi connectivity index (χ0n) is 12.4. The van der Waals surface area contributed by atoms with Crippen LogP contribution in [0.3, 0.4) is 0 Å². The fourth-order valence-corrected chi connectivity index (χ4v) is 3.10. The molecule has 1 fully saturated rings. The molecular weight excluding hydrogens is 266 g/mol. The van der Waals surface area contributed by atoms with Gasteiger partial charge in [0.05, 0.1) is 5.56 Å². The minimum Gasteiger partial charge on any atom is -0.507 e. The minimum absolute atomic E-state index is 0.209. The molecule has 0 bridgehead atoms. The van der Waals surface area contributed by atoms with E-state index < -0.39 is 0 Å². The number of aryl methyl sites for hydroxylation is 1. The molecule has 1 aromatic carbocycles. The fraction of sp³-hybridized carbons (Fsp3) is 0.471. The first-order valence-electron chi connectivity index (χ1n) is 7.63. The Hall–Kier alpha value is -1.81. The number of rotatable bonds is 2. The maximum Gasteiger partial charge on any atom is 0.336 e. The van der Waals surface area contributed by atoms with Crippen molar-refractivity contribution in [3.63, 3.8) is 0 Å². The normalized spacial score (nSPS) is 17.0. The van der Waals surface area contributed by atoms with Gasteiger partial charge in [-0.1, -0.05) is 12.8 Å². The van der Waals surface area contributed by atoms with E-state index in [4.69, 9.17) is 4.42 Å². The maximum absolute atomic E-state index is 11.7. The van der Waals surface area contributed by atoms with Crippen molar-refractivity contribution >= 4 is 11.0 Å². The number of benzene rings is 1. The molecule has 2 heterocycles. The van der Waals surface area contributed by atoms with E-state index in [1.807, 2.05) is 13.0 Å². The molecule has 1 aromatic heterocycles. The lowest BCUT2D eigenvalue weighted by molar-refractivity contribution is 0.272. The van der Waals surface area contributed by atoms with E-state index in [2.05, 4.69) is 4.90 Å². The molecule has 1 aliphatic rings. The summed E-state index contributed by atoms with van der Waals surface area (Å²) < 4.78 is 5.39. The van der Waals surface area contributed by atoms with Crippen LogP contribution in [0.5, 0.6) is 5.75 Å². The maximum atomic E-state index is 11.7. The summed E-state index contributed by atoms with van der Waals surface area (Å²) >= 11 is 0. The monoisotopic (exact) mass is 287 g/mol. The summed E-state index contributed by atoms with van der Waals surface area (Å²) in [5.41, 5.74) is 1.79. The van der Waals surface area contributed by atoms with Crippen LogP contribution < -0.4 is 5.63 Å². The molecule has 2 aromatic rings. The van der Waals surface area contributed by atoms with Gasteiger partial charge in [0, 0.05) is 18.0 Å². The van der Waals surface area contributed by atoms with Crippen LogP contribution in [0.1, 0.15) is 36.8 Å². The zero-order valence-corrected chi connectivity index (χ0v) is 12.4. The first-order chi connectivity index (χ1) is 10.1. The molecule has 0 amide bonds. The number of nitrogens with zero attached hydrogens (tertiary/aromatic N) is 1. The SMILES string of the molecule is Cc1cc(=O)oc2c(CN3CCCCCC3)c(O)ccc12. The highest BCUT2D eigenvalue weighted by atomic mass is 16.4. The third-order valence-electron chi connectivity index (χ3n) is 4.28. The molecule has 4 heteroatoms. The van der Waals surface area contributed by atoms with Crippen molar-refractivity contribution in [3.05, 3.63) is 39.7 Å². The van der Waals surface area contributed by atoms with Crippen molar-refractivity contribution in [2.24, 2.45) is 0 Å².